The van der Waals surface area contributed by atoms with Crippen molar-refractivity contribution in [2.75, 3.05) is 0 Å². The van der Waals surface area contributed by atoms with E-state index in [9.17, 15) is 9.59 Å². The molecule has 0 aliphatic rings. The van der Waals surface area contributed by atoms with Gasteiger partial charge in [0.15, 0.2) is 0 Å². The molecular weight excluding hydrogens is 308 g/mol. The number of benzene rings is 1. The van der Waals surface area contributed by atoms with Crippen LogP contribution in [0.3, 0.4) is 0 Å². The largest absolute Gasteiger partial charge is 0.330 e. The maximum absolute atomic E-state index is 12.6. The molecule has 0 aliphatic heterocycles. The van der Waals surface area contributed by atoms with E-state index in [0.717, 1.165) is 15.7 Å². The fourth-order valence-electron chi connectivity index (χ4n) is 2.55. The van der Waals surface area contributed by atoms with E-state index in [4.69, 9.17) is 6.42 Å². The Bertz CT molecular complexity index is 1010. The summed E-state index contributed by atoms with van der Waals surface area (Å²) >= 11 is 1.35. The Hall–Kier alpha value is -2.58. The number of H-pyrrole nitrogens is 1. The van der Waals surface area contributed by atoms with Crippen molar-refractivity contribution in [3.05, 3.63) is 56.0 Å². The molecule has 116 valence electrons. The van der Waals surface area contributed by atoms with Gasteiger partial charge in [-0.1, -0.05) is 44.0 Å². The van der Waals surface area contributed by atoms with E-state index in [1.807, 2.05) is 17.5 Å². The fraction of sp³-hybridized carbons (Fsp3) is 0.222. The van der Waals surface area contributed by atoms with Crippen LogP contribution in [-0.4, -0.2) is 9.55 Å². The summed E-state index contributed by atoms with van der Waals surface area (Å²) in [4.78, 5) is 27.9. The number of rotatable bonds is 3. The lowest BCUT2D eigenvalue weighted by Crippen LogP contribution is -2.34. The highest BCUT2D eigenvalue weighted by Crippen LogP contribution is 2.31. The number of thiophene rings is 1. The summed E-state index contributed by atoms with van der Waals surface area (Å²) in [5.74, 6) is 2.80. The lowest BCUT2D eigenvalue weighted by molar-refractivity contribution is 0.743. The van der Waals surface area contributed by atoms with Crippen molar-refractivity contribution in [3.8, 4) is 23.5 Å². The third-order valence-corrected chi connectivity index (χ3v) is 4.75. The minimum Gasteiger partial charge on any atom is -0.298 e. The molecule has 0 saturated carbocycles. The number of hydrogen-bond donors (Lipinski definition) is 1. The van der Waals surface area contributed by atoms with Gasteiger partial charge in [0.1, 0.15) is 4.83 Å². The molecule has 0 amide bonds. The van der Waals surface area contributed by atoms with E-state index >= 15 is 0 Å². The molecule has 0 unspecified atom stereocenters. The van der Waals surface area contributed by atoms with Gasteiger partial charge in [0.2, 0.25) is 0 Å². The Balaban J connectivity index is 2.23. The second-order valence-corrected chi connectivity index (χ2v) is 6.54. The van der Waals surface area contributed by atoms with E-state index in [1.165, 1.54) is 16.9 Å². The van der Waals surface area contributed by atoms with Crippen molar-refractivity contribution in [1.29, 1.82) is 0 Å². The first-order valence-corrected chi connectivity index (χ1v) is 8.19. The molecular formula is C18H16N2O2S. The lowest BCUT2D eigenvalue weighted by atomic mass is 9.99. The Kier molecular flexibility index (Phi) is 3.93. The van der Waals surface area contributed by atoms with Gasteiger partial charge in [0, 0.05) is 10.9 Å². The monoisotopic (exact) mass is 324 g/mol. The molecule has 1 N–H and O–H groups in total. The van der Waals surface area contributed by atoms with Gasteiger partial charge in [0.05, 0.1) is 11.9 Å². The molecule has 2 aromatic heterocycles. The zero-order chi connectivity index (χ0) is 16.6. The Labute approximate surface area is 137 Å². The summed E-state index contributed by atoms with van der Waals surface area (Å²) in [6.45, 7) is 4.24. The predicted octanol–water partition coefficient (Wildman–Crippen LogP) is 3.17. The number of terminal acetylenes is 1. The molecule has 2 heterocycles. The summed E-state index contributed by atoms with van der Waals surface area (Å²) in [7, 11) is 0. The molecule has 0 bridgehead atoms. The van der Waals surface area contributed by atoms with Crippen LogP contribution in [0.5, 0.6) is 0 Å². The molecule has 5 heteroatoms. The van der Waals surface area contributed by atoms with Crippen LogP contribution in [0.2, 0.25) is 0 Å². The summed E-state index contributed by atoms with van der Waals surface area (Å²) in [6.07, 6.45) is 5.25. The van der Waals surface area contributed by atoms with Crippen LogP contribution >= 0.6 is 11.3 Å². The van der Waals surface area contributed by atoms with Gasteiger partial charge in [-0.15, -0.1) is 17.8 Å². The first kappa shape index (κ1) is 15.3. The van der Waals surface area contributed by atoms with Gasteiger partial charge in [-0.3, -0.25) is 9.78 Å². The number of aromatic nitrogens is 2. The van der Waals surface area contributed by atoms with Crippen molar-refractivity contribution >= 4 is 21.6 Å². The average Bonchev–Trinajstić information content (AvgIpc) is 2.95. The minimum atomic E-state index is -0.469. The van der Waals surface area contributed by atoms with Crippen molar-refractivity contribution < 1.29 is 0 Å². The zero-order valence-electron chi connectivity index (χ0n) is 12.9. The zero-order valence-corrected chi connectivity index (χ0v) is 13.7. The van der Waals surface area contributed by atoms with Crippen LogP contribution in [0.4, 0.5) is 0 Å². The molecule has 0 atom stereocenters. The normalized spacial score (nSPS) is 11.0. The predicted molar refractivity (Wildman–Crippen MR) is 95.1 cm³/mol. The Morgan fingerprint density at radius 3 is 2.57 bits per heavy atom. The van der Waals surface area contributed by atoms with Crippen LogP contribution in [0.25, 0.3) is 21.3 Å². The van der Waals surface area contributed by atoms with Crippen LogP contribution in [0.1, 0.15) is 25.3 Å². The summed E-state index contributed by atoms with van der Waals surface area (Å²) in [5.41, 5.74) is 2.21. The van der Waals surface area contributed by atoms with E-state index < -0.39 is 5.69 Å². The molecule has 0 spiro atoms. The topological polar surface area (TPSA) is 54.9 Å². The first-order chi connectivity index (χ1) is 11.0. The molecule has 0 radical (unpaired) electrons. The highest BCUT2D eigenvalue weighted by atomic mass is 32.1. The van der Waals surface area contributed by atoms with Crippen LogP contribution in [-0.2, 0) is 6.54 Å². The van der Waals surface area contributed by atoms with Gasteiger partial charge >= 0.3 is 5.69 Å². The quantitative estimate of drug-likeness (QED) is 0.752. The number of nitrogens with zero attached hydrogens (tertiary/aromatic N) is 1. The summed E-state index contributed by atoms with van der Waals surface area (Å²) in [5, 5.41) is 2.41. The van der Waals surface area contributed by atoms with Crippen LogP contribution in [0.15, 0.2) is 39.2 Å². The van der Waals surface area contributed by atoms with Crippen molar-refractivity contribution in [2.24, 2.45) is 0 Å². The number of nitrogens with one attached hydrogen (secondary N) is 1. The maximum atomic E-state index is 12.6. The molecule has 0 saturated heterocycles. The molecule has 3 aromatic rings. The number of aromatic amines is 1. The van der Waals surface area contributed by atoms with Crippen molar-refractivity contribution in [3.63, 3.8) is 0 Å². The molecule has 23 heavy (non-hydrogen) atoms. The van der Waals surface area contributed by atoms with E-state index in [2.05, 4.69) is 36.9 Å². The highest BCUT2D eigenvalue weighted by molar-refractivity contribution is 7.17. The second-order valence-electron chi connectivity index (χ2n) is 5.66. The highest BCUT2D eigenvalue weighted by Gasteiger charge is 2.14. The molecule has 1 aromatic carbocycles. The molecule has 3 rings (SSSR count). The van der Waals surface area contributed by atoms with Gasteiger partial charge in [0.25, 0.3) is 5.56 Å². The van der Waals surface area contributed by atoms with Crippen LogP contribution < -0.4 is 11.2 Å². The Morgan fingerprint density at radius 1 is 1.26 bits per heavy atom. The lowest BCUT2D eigenvalue weighted by Gasteiger charge is -2.07. The van der Waals surface area contributed by atoms with Gasteiger partial charge < -0.3 is 0 Å². The first-order valence-electron chi connectivity index (χ1n) is 7.31. The average molecular weight is 324 g/mol. The number of hydrogen-bond acceptors (Lipinski definition) is 3. The third-order valence-electron chi connectivity index (χ3n) is 3.85. The SMILES string of the molecule is C#CCn1c(=O)[nH]c2scc(-c3ccc(C(C)C)cc3)c2c1=O. The van der Waals surface area contributed by atoms with Gasteiger partial charge in [-0.05, 0) is 17.0 Å². The van der Waals surface area contributed by atoms with Crippen molar-refractivity contribution in [2.45, 2.75) is 26.3 Å². The van der Waals surface area contributed by atoms with Gasteiger partial charge in [-0.2, -0.15) is 0 Å². The minimum absolute atomic E-state index is 0.0360. The standard InChI is InChI=1S/C18H16N2O2S/c1-4-9-20-17(21)15-14(10-23-16(15)19-18(20)22)13-7-5-12(6-8-13)11(2)3/h1,5-8,10-11H,9H2,2-3H3,(H,19,22). The maximum Gasteiger partial charge on any atom is 0.330 e. The van der Waals surface area contributed by atoms with E-state index in [1.54, 1.807) is 0 Å². The van der Waals surface area contributed by atoms with E-state index in [-0.39, 0.29) is 12.1 Å². The molecule has 0 aliphatic carbocycles. The molecule has 4 nitrogen and oxygen atoms in total. The van der Waals surface area contributed by atoms with Crippen LogP contribution in [0, 0.1) is 12.3 Å². The van der Waals surface area contributed by atoms with Gasteiger partial charge in [-0.25, -0.2) is 9.36 Å². The Morgan fingerprint density at radius 2 is 1.96 bits per heavy atom. The fourth-order valence-corrected chi connectivity index (χ4v) is 3.50. The summed E-state index contributed by atoms with van der Waals surface area (Å²) < 4.78 is 1.06. The third kappa shape index (κ3) is 2.62. The second kappa shape index (κ2) is 5.90. The number of fused-ring (bicyclic) bond motifs is 1. The van der Waals surface area contributed by atoms with E-state index in [0.29, 0.717) is 16.1 Å². The molecule has 0 fully saturated rings. The smallest absolute Gasteiger partial charge is 0.298 e. The summed E-state index contributed by atoms with van der Waals surface area (Å²) in [6, 6.07) is 8.14. The van der Waals surface area contributed by atoms with Crippen molar-refractivity contribution in [1.82, 2.24) is 9.55 Å².